The van der Waals surface area contributed by atoms with Crippen molar-refractivity contribution in [1.82, 2.24) is 14.7 Å². The minimum atomic E-state index is 0.459. The molecular formula is C11H16N4. The Bertz CT molecular complexity index is 368. The lowest BCUT2D eigenvalue weighted by Gasteiger charge is -2.41. The summed E-state index contributed by atoms with van der Waals surface area (Å²) >= 11 is 0. The van der Waals surface area contributed by atoms with Crippen LogP contribution in [0.2, 0.25) is 0 Å². The van der Waals surface area contributed by atoms with Crippen molar-refractivity contribution in [2.24, 2.45) is 0 Å². The molecule has 0 aliphatic carbocycles. The van der Waals surface area contributed by atoms with Crippen LogP contribution in [0, 0.1) is 11.3 Å². The number of likely N-dealkylation sites (tertiary alicyclic amines) is 1. The van der Waals surface area contributed by atoms with Crippen molar-refractivity contribution in [2.75, 3.05) is 13.1 Å². The monoisotopic (exact) mass is 204 g/mol. The molecule has 1 fully saturated rings. The number of nitriles is 1. The Kier molecular flexibility index (Phi) is 2.74. The van der Waals surface area contributed by atoms with Gasteiger partial charge >= 0.3 is 0 Å². The van der Waals surface area contributed by atoms with Crippen LogP contribution in [0.1, 0.15) is 25.5 Å². The summed E-state index contributed by atoms with van der Waals surface area (Å²) in [5.74, 6) is 0. The van der Waals surface area contributed by atoms with Gasteiger partial charge in [-0.25, -0.2) is 0 Å². The van der Waals surface area contributed by atoms with Crippen LogP contribution in [0.15, 0.2) is 12.4 Å². The van der Waals surface area contributed by atoms with Crippen LogP contribution in [0.3, 0.4) is 0 Å². The molecule has 0 bridgehead atoms. The predicted molar refractivity (Wildman–Crippen MR) is 57.3 cm³/mol. The third-order valence-corrected chi connectivity index (χ3v) is 2.93. The zero-order valence-corrected chi connectivity index (χ0v) is 9.22. The quantitative estimate of drug-likeness (QED) is 0.743. The molecular weight excluding hydrogens is 188 g/mol. The van der Waals surface area contributed by atoms with Crippen LogP contribution in [0.25, 0.3) is 0 Å². The molecule has 1 aliphatic rings. The molecule has 0 radical (unpaired) electrons. The Morgan fingerprint density at radius 3 is 2.93 bits per heavy atom. The van der Waals surface area contributed by atoms with Gasteiger partial charge in [-0.2, -0.15) is 10.4 Å². The van der Waals surface area contributed by atoms with E-state index in [0.29, 0.717) is 18.5 Å². The smallest absolute Gasteiger partial charge is 0.0773 e. The largest absolute Gasteiger partial charge is 0.297 e. The zero-order chi connectivity index (χ0) is 10.8. The second-order valence-corrected chi connectivity index (χ2v) is 4.36. The molecule has 4 heteroatoms. The number of hydrogen-bond acceptors (Lipinski definition) is 3. The van der Waals surface area contributed by atoms with Gasteiger partial charge in [-0.3, -0.25) is 9.58 Å². The number of hydrogen-bond donors (Lipinski definition) is 0. The highest BCUT2D eigenvalue weighted by molar-refractivity contribution is 5.10. The molecule has 2 heterocycles. The molecule has 0 unspecified atom stereocenters. The first kappa shape index (κ1) is 10.2. The van der Waals surface area contributed by atoms with Crippen LogP contribution in [0.4, 0.5) is 0 Å². The SMILES string of the molecule is CC(C)N1CC(n2cc(CC#N)cn2)C1. The Morgan fingerprint density at radius 1 is 1.60 bits per heavy atom. The van der Waals surface area contributed by atoms with Gasteiger partial charge in [0, 0.05) is 30.9 Å². The standard InChI is InChI=1S/C11H16N4/c1-9(2)14-7-11(8-14)15-6-10(3-4-12)5-13-15/h5-6,9,11H,3,7-8H2,1-2H3. The lowest BCUT2D eigenvalue weighted by atomic mass is 10.1. The minimum absolute atomic E-state index is 0.459. The third-order valence-electron chi connectivity index (χ3n) is 2.93. The average Bonchev–Trinajstić information content (AvgIpc) is 2.50. The predicted octanol–water partition coefficient (Wildman–Crippen LogP) is 1.21. The Balaban J connectivity index is 1.93. The van der Waals surface area contributed by atoms with Gasteiger partial charge in [0.15, 0.2) is 0 Å². The van der Waals surface area contributed by atoms with Gasteiger partial charge in [-0.05, 0) is 13.8 Å². The summed E-state index contributed by atoms with van der Waals surface area (Å²) in [5.41, 5.74) is 1.01. The van der Waals surface area contributed by atoms with Gasteiger partial charge in [-0.15, -0.1) is 0 Å². The summed E-state index contributed by atoms with van der Waals surface area (Å²) in [6.07, 6.45) is 4.24. The van der Waals surface area contributed by atoms with E-state index < -0.39 is 0 Å². The van der Waals surface area contributed by atoms with E-state index >= 15 is 0 Å². The highest BCUT2D eigenvalue weighted by atomic mass is 15.4. The molecule has 0 saturated carbocycles. The van der Waals surface area contributed by atoms with Crippen molar-refractivity contribution in [3.05, 3.63) is 18.0 Å². The van der Waals surface area contributed by atoms with Gasteiger partial charge in [0.05, 0.1) is 24.7 Å². The van der Waals surface area contributed by atoms with Crippen molar-refractivity contribution in [3.8, 4) is 6.07 Å². The molecule has 0 atom stereocenters. The maximum Gasteiger partial charge on any atom is 0.0773 e. The molecule has 0 aromatic carbocycles. The maximum absolute atomic E-state index is 8.56. The van der Waals surface area contributed by atoms with E-state index in [1.54, 1.807) is 6.20 Å². The molecule has 0 amide bonds. The normalized spacial score (nSPS) is 17.7. The summed E-state index contributed by atoms with van der Waals surface area (Å²) in [4.78, 5) is 2.41. The number of nitrogens with zero attached hydrogens (tertiary/aromatic N) is 4. The van der Waals surface area contributed by atoms with Crippen LogP contribution in [-0.2, 0) is 6.42 Å². The lowest BCUT2D eigenvalue weighted by Crippen LogP contribution is -2.50. The lowest BCUT2D eigenvalue weighted by molar-refractivity contribution is 0.0675. The summed E-state index contributed by atoms with van der Waals surface area (Å²) in [6, 6.07) is 3.26. The molecule has 1 aromatic rings. The van der Waals surface area contributed by atoms with Crippen molar-refractivity contribution < 1.29 is 0 Å². The van der Waals surface area contributed by atoms with Crippen LogP contribution in [-0.4, -0.2) is 33.8 Å². The average molecular weight is 204 g/mol. The van der Waals surface area contributed by atoms with Crippen molar-refractivity contribution in [2.45, 2.75) is 32.4 Å². The Morgan fingerprint density at radius 2 is 2.33 bits per heavy atom. The number of rotatable bonds is 3. The number of aromatic nitrogens is 2. The molecule has 0 N–H and O–H groups in total. The summed E-state index contributed by atoms with van der Waals surface area (Å²) in [7, 11) is 0. The molecule has 1 aliphatic heterocycles. The van der Waals surface area contributed by atoms with E-state index in [1.165, 1.54) is 0 Å². The maximum atomic E-state index is 8.56. The van der Waals surface area contributed by atoms with Crippen LogP contribution < -0.4 is 0 Å². The first-order valence-electron chi connectivity index (χ1n) is 5.34. The fourth-order valence-corrected chi connectivity index (χ4v) is 1.84. The van der Waals surface area contributed by atoms with Crippen molar-refractivity contribution in [3.63, 3.8) is 0 Å². The third kappa shape index (κ3) is 2.02. The summed E-state index contributed by atoms with van der Waals surface area (Å²) in [5, 5.41) is 12.8. The van der Waals surface area contributed by atoms with E-state index in [0.717, 1.165) is 18.7 Å². The van der Waals surface area contributed by atoms with Gasteiger partial charge in [0.2, 0.25) is 0 Å². The van der Waals surface area contributed by atoms with Crippen molar-refractivity contribution in [1.29, 1.82) is 5.26 Å². The Labute approximate surface area is 90.1 Å². The molecule has 80 valence electrons. The second-order valence-electron chi connectivity index (χ2n) is 4.36. The summed E-state index contributed by atoms with van der Waals surface area (Å²) < 4.78 is 1.99. The topological polar surface area (TPSA) is 44.9 Å². The Hall–Kier alpha value is -1.34. The van der Waals surface area contributed by atoms with E-state index in [9.17, 15) is 0 Å². The molecule has 15 heavy (non-hydrogen) atoms. The van der Waals surface area contributed by atoms with Crippen LogP contribution >= 0.6 is 0 Å². The highest BCUT2D eigenvalue weighted by Crippen LogP contribution is 2.22. The first-order chi connectivity index (χ1) is 7.20. The minimum Gasteiger partial charge on any atom is -0.297 e. The van der Waals surface area contributed by atoms with Crippen molar-refractivity contribution >= 4 is 0 Å². The van der Waals surface area contributed by atoms with Gasteiger partial charge in [-0.1, -0.05) is 0 Å². The van der Waals surface area contributed by atoms with E-state index in [2.05, 4.69) is 29.9 Å². The highest BCUT2D eigenvalue weighted by Gasteiger charge is 2.30. The molecule has 0 spiro atoms. The van der Waals surface area contributed by atoms with Gasteiger partial charge < -0.3 is 0 Å². The zero-order valence-electron chi connectivity index (χ0n) is 9.22. The second kappa shape index (κ2) is 4.03. The van der Waals surface area contributed by atoms with Crippen LogP contribution in [0.5, 0.6) is 0 Å². The fraction of sp³-hybridized carbons (Fsp3) is 0.636. The van der Waals surface area contributed by atoms with E-state index in [1.807, 2.05) is 10.9 Å². The van der Waals surface area contributed by atoms with Gasteiger partial charge in [0.1, 0.15) is 0 Å². The van der Waals surface area contributed by atoms with E-state index in [-0.39, 0.29) is 0 Å². The fourth-order valence-electron chi connectivity index (χ4n) is 1.84. The summed E-state index contributed by atoms with van der Waals surface area (Å²) in [6.45, 7) is 6.57. The first-order valence-corrected chi connectivity index (χ1v) is 5.34. The molecule has 2 rings (SSSR count). The molecule has 4 nitrogen and oxygen atoms in total. The molecule has 1 aromatic heterocycles. The molecule has 1 saturated heterocycles. The van der Waals surface area contributed by atoms with Gasteiger partial charge in [0.25, 0.3) is 0 Å². The van der Waals surface area contributed by atoms with E-state index in [4.69, 9.17) is 5.26 Å².